The summed E-state index contributed by atoms with van der Waals surface area (Å²) in [5.41, 5.74) is 5.51. The molecule has 2 fully saturated rings. The fraction of sp³-hybridized carbons (Fsp3) is 1.00. The average molecular weight is 186 g/mol. The van der Waals surface area contributed by atoms with E-state index in [9.17, 15) is 0 Å². The largest absolute Gasteiger partial charge is 0.350 e. The molecule has 4 nitrogen and oxygen atoms in total. The summed E-state index contributed by atoms with van der Waals surface area (Å²) in [5.74, 6) is 0.543. The van der Waals surface area contributed by atoms with Crippen molar-refractivity contribution in [1.82, 2.24) is 4.90 Å². The SMILES string of the molecule is CN1CCC(C2OCC(CN)O2)C1. The lowest BCUT2D eigenvalue weighted by atomic mass is 10.1. The Morgan fingerprint density at radius 3 is 2.92 bits per heavy atom. The van der Waals surface area contributed by atoms with Crippen molar-refractivity contribution in [3.05, 3.63) is 0 Å². The maximum atomic E-state index is 5.67. The Kier molecular flexibility index (Phi) is 2.83. The maximum absolute atomic E-state index is 5.67. The molecule has 2 rings (SSSR count). The minimum atomic E-state index is -0.00139. The molecule has 3 atom stereocenters. The highest BCUT2D eigenvalue weighted by Gasteiger charge is 2.35. The standard InChI is InChI=1S/C9H18N2O2/c1-11-3-2-7(5-11)9-12-6-8(4-10)13-9/h7-9H,2-6,10H2,1H3. The summed E-state index contributed by atoms with van der Waals surface area (Å²) in [6.07, 6.45) is 1.30. The summed E-state index contributed by atoms with van der Waals surface area (Å²) in [6, 6.07) is 0. The van der Waals surface area contributed by atoms with Crippen molar-refractivity contribution in [2.45, 2.75) is 18.8 Å². The molecular formula is C9H18N2O2. The molecule has 4 heteroatoms. The molecule has 0 aromatic heterocycles. The smallest absolute Gasteiger partial charge is 0.162 e. The number of ether oxygens (including phenoxy) is 2. The van der Waals surface area contributed by atoms with Gasteiger partial charge in [0.25, 0.3) is 0 Å². The van der Waals surface area contributed by atoms with E-state index in [1.807, 2.05) is 0 Å². The van der Waals surface area contributed by atoms with Gasteiger partial charge in [-0.25, -0.2) is 0 Å². The van der Waals surface area contributed by atoms with Crippen LogP contribution in [0.4, 0.5) is 0 Å². The lowest BCUT2D eigenvalue weighted by molar-refractivity contribution is -0.0915. The van der Waals surface area contributed by atoms with Gasteiger partial charge in [0.2, 0.25) is 0 Å². The Morgan fingerprint density at radius 2 is 2.38 bits per heavy atom. The second kappa shape index (κ2) is 3.92. The summed E-state index contributed by atoms with van der Waals surface area (Å²) in [5, 5.41) is 0. The molecule has 2 heterocycles. The molecule has 2 aliphatic rings. The van der Waals surface area contributed by atoms with Gasteiger partial charge in [-0.1, -0.05) is 0 Å². The third-order valence-electron chi connectivity index (χ3n) is 2.85. The van der Waals surface area contributed by atoms with Crippen LogP contribution >= 0.6 is 0 Å². The number of likely N-dealkylation sites (tertiary alicyclic amines) is 1. The van der Waals surface area contributed by atoms with Gasteiger partial charge in [-0.2, -0.15) is 0 Å². The van der Waals surface area contributed by atoms with Crippen molar-refractivity contribution >= 4 is 0 Å². The van der Waals surface area contributed by atoms with Crippen LogP contribution in [0.25, 0.3) is 0 Å². The van der Waals surface area contributed by atoms with Crippen LogP contribution in [-0.4, -0.2) is 50.6 Å². The summed E-state index contributed by atoms with van der Waals surface area (Å²) in [6.45, 7) is 3.48. The van der Waals surface area contributed by atoms with Crippen LogP contribution in [0.3, 0.4) is 0 Å². The van der Waals surface area contributed by atoms with Crippen molar-refractivity contribution in [2.75, 3.05) is 33.3 Å². The van der Waals surface area contributed by atoms with E-state index in [4.69, 9.17) is 15.2 Å². The topological polar surface area (TPSA) is 47.7 Å². The second-order valence-electron chi connectivity index (χ2n) is 4.01. The van der Waals surface area contributed by atoms with Crippen molar-refractivity contribution in [1.29, 1.82) is 0 Å². The zero-order valence-electron chi connectivity index (χ0n) is 8.11. The summed E-state index contributed by atoms with van der Waals surface area (Å²) < 4.78 is 11.2. The molecule has 0 aliphatic carbocycles. The summed E-state index contributed by atoms with van der Waals surface area (Å²) in [4.78, 5) is 2.31. The first-order valence-electron chi connectivity index (χ1n) is 4.95. The molecule has 76 valence electrons. The van der Waals surface area contributed by atoms with Crippen LogP contribution in [0.1, 0.15) is 6.42 Å². The zero-order chi connectivity index (χ0) is 9.26. The van der Waals surface area contributed by atoms with Crippen LogP contribution in [0.15, 0.2) is 0 Å². The van der Waals surface area contributed by atoms with Crippen LogP contribution < -0.4 is 5.73 Å². The Labute approximate surface area is 79.0 Å². The minimum absolute atomic E-state index is 0.00139. The molecule has 2 saturated heterocycles. The number of nitrogens with zero attached hydrogens (tertiary/aromatic N) is 1. The van der Waals surface area contributed by atoms with Gasteiger partial charge >= 0.3 is 0 Å². The first-order valence-corrected chi connectivity index (χ1v) is 4.95. The van der Waals surface area contributed by atoms with Gasteiger partial charge < -0.3 is 20.1 Å². The fourth-order valence-corrected chi connectivity index (χ4v) is 2.03. The molecule has 0 amide bonds. The van der Waals surface area contributed by atoms with E-state index in [-0.39, 0.29) is 12.4 Å². The molecule has 0 aromatic rings. The molecule has 2 aliphatic heterocycles. The van der Waals surface area contributed by atoms with Crippen molar-refractivity contribution in [3.63, 3.8) is 0 Å². The Morgan fingerprint density at radius 1 is 1.54 bits per heavy atom. The van der Waals surface area contributed by atoms with Crippen LogP contribution in [0.5, 0.6) is 0 Å². The van der Waals surface area contributed by atoms with E-state index < -0.39 is 0 Å². The predicted octanol–water partition coefficient (Wildman–Crippen LogP) is -0.362. The van der Waals surface area contributed by atoms with E-state index in [2.05, 4.69) is 11.9 Å². The molecule has 0 radical (unpaired) electrons. The molecule has 2 N–H and O–H groups in total. The second-order valence-corrected chi connectivity index (χ2v) is 4.01. The number of rotatable bonds is 2. The monoisotopic (exact) mass is 186 g/mol. The van der Waals surface area contributed by atoms with Gasteiger partial charge in [0.05, 0.1) is 12.7 Å². The van der Waals surface area contributed by atoms with Gasteiger partial charge in [-0.05, 0) is 20.0 Å². The van der Waals surface area contributed by atoms with Crippen molar-refractivity contribution in [2.24, 2.45) is 11.7 Å². The fourth-order valence-electron chi connectivity index (χ4n) is 2.03. The van der Waals surface area contributed by atoms with Crippen LogP contribution in [0, 0.1) is 5.92 Å². The Bertz CT molecular complexity index is 177. The van der Waals surface area contributed by atoms with E-state index in [1.165, 1.54) is 6.42 Å². The van der Waals surface area contributed by atoms with E-state index in [0.29, 0.717) is 19.1 Å². The highest BCUT2D eigenvalue weighted by atomic mass is 16.7. The molecule has 3 unspecified atom stereocenters. The number of hydrogen-bond donors (Lipinski definition) is 1. The highest BCUT2D eigenvalue weighted by molar-refractivity contribution is 4.79. The lowest BCUT2D eigenvalue weighted by Crippen LogP contribution is -2.27. The third-order valence-corrected chi connectivity index (χ3v) is 2.85. The van der Waals surface area contributed by atoms with Crippen molar-refractivity contribution < 1.29 is 9.47 Å². The lowest BCUT2D eigenvalue weighted by Gasteiger charge is -2.17. The van der Waals surface area contributed by atoms with Gasteiger partial charge in [-0.3, -0.25) is 0 Å². The Balaban J connectivity index is 1.82. The minimum Gasteiger partial charge on any atom is -0.350 e. The van der Waals surface area contributed by atoms with Gasteiger partial charge in [0.15, 0.2) is 6.29 Å². The first-order chi connectivity index (χ1) is 6.29. The Hall–Kier alpha value is -0.160. The van der Waals surface area contributed by atoms with E-state index in [1.54, 1.807) is 0 Å². The molecule has 0 aromatic carbocycles. The van der Waals surface area contributed by atoms with Crippen LogP contribution in [-0.2, 0) is 9.47 Å². The molecule has 0 spiro atoms. The maximum Gasteiger partial charge on any atom is 0.162 e. The molecular weight excluding hydrogens is 168 g/mol. The molecule has 0 saturated carbocycles. The van der Waals surface area contributed by atoms with Gasteiger partial charge in [-0.15, -0.1) is 0 Å². The van der Waals surface area contributed by atoms with Gasteiger partial charge in [0.1, 0.15) is 0 Å². The van der Waals surface area contributed by atoms with Gasteiger partial charge in [0, 0.05) is 19.0 Å². The normalized spacial score (nSPS) is 41.5. The third kappa shape index (κ3) is 2.02. The van der Waals surface area contributed by atoms with E-state index >= 15 is 0 Å². The quantitative estimate of drug-likeness (QED) is 0.639. The first kappa shape index (κ1) is 9.40. The average Bonchev–Trinajstić information content (AvgIpc) is 2.71. The summed E-state index contributed by atoms with van der Waals surface area (Å²) >= 11 is 0. The predicted molar refractivity (Wildman–Crippen MR) is 49.3 cm³/mol. The molecule has 0 bridgehead atoms. The molecule has 13 heavy (non-hydrogen) atoms. The number of nitrogens with two attached hydrogens (primary N) is 1. The summed E-state index contributed by atoms with van der Waals surface area (Å²) in [7, 11) is 2.13. The zero-order valence-corrected chi connectivity index (χ0v) is 8.11. The van der Waals surface area contributed by atoms with Crippen molar-refractivity contribution in [3.8, 4) is 0 Å². The highest BCUT2D eigenvalue weighted by Crippen LogP contribution is 2.25. The number of hydrogen-bond acceptors (Lipinski definition) is 4. The van der Waals surface area contributed by atoms with Crippen LogP contribution in [0.2, 0.25) is 0 Å². The van der Waals surface area contributed by atoms with E-state index in [0.717, 1.165) is 13.1 Å².